The summed E-state index contributed by atoms with van der Waals surface area (Å²) in [6.07, 6.45) is 0.941. The van der Waals surface area contributed by atoms with Crippen molar-refractivity contribution < 1.29 is 4.79 Å². The van der Waals surface area contributed by atoms with Gasteiger partial charge in [-0.1, -0.05) is 23.2 Å². The second kappa shape index (κ2) is 5.58. The molecule has 1 atom stereocenters. The van der Waals surface area contributed by atoms with Gasteiger partial charge in [-0.3, -0.25) is 0 Å². The highest BCUT2D eigenvalue weighted by molar-refractivity contribution is 6.35. The lowest BCUT2D eigenvalue weighted by Crippen LogP contribution is -2.39. The number of carbonyl (C=O) groups excluding carboxylic acids is 1. The van der Waals surface area contributed by atoms with E-state index in [-0.39, 0.29) is 12.1 Å². The van der Waals surface area contributed by atoms with Gasteiger partial charge in [0.1, 0.15) is 0 Å². The number of benzene rings is 1. The fourth-order valence-electron chi connectivity index (χ4n) is 1.71. The molecule has 0 radical (unpaired) electrons. The van der Waals surface area contributed by atoms with Crippen molar-refractivity contribution in [3.63, 3.8) is 0 Å². The van der Waals surface area contributed by atoms with Crippen molar-refractivity contribution in [2.24, 2.45) is 0 Å². The van der Waals surface area contributed by atoms with Gasteiger partial charge in [-0.05, 0) is 31.2 Å². The summed E-state index contributed by atoms with van der Waals surface area (Å²) in [6, 6.07) is 4.86. The molecule has 1 heterocycles. The van der Waals surface area contributed by atoms with Crippen LogP contribution < -0.4 is 16.0 Å². The Kier molecular flexibility index (Phi) is 4.10. The van der Waals surface area contributed by atoms with E-state index in [2.05, 4.69) is 16.0 Å². The quantitative estimate of drug-likeness (QED) is 0.776. The number of amides is 2. The van der Waals surface area contributed by atoms with Gasteiger partial charge in [0.25, 0.3) is 0 Å². The van der Waals surface area contributed by atoms with Crippen molar-refractivity contribution in [3.05, 3.63) is 28.2 Å². The van der Waals surface area contributed by atoms with Crippen LogP contribution in [0.15, 0.2) is 18.2 Å². The van der Waals surface area contributed by atoms with Gasteiger partial charge in [0.2, 0.25) is 0 Å². The van der Waals surface area contributed by atoms with Crippen LogP contribution in [-0.4, -0.2) is 25.2 Å². The van der Waals surface area contributed by atoms with Crippen LogP contribution in [0.3, 0.4) is 0 Å². The van der Waals surface area contributed by atoms with Gasteiger partial charge in [0, 0.05) is 17.6 Å². The SMILES string of the molecule is O=C(Nc1cc(Cl)ccc1Cl)NC1CCNC1. The molecule has 2 rings (SSSR count). The molecular weight excluding hydrogens is 261 g/mol. The first kappa shape index (κ1) is 12.5. The Bertz CT molecular complexity index is 419. The number of rotatable bonds is 2. The zero-order valence-corrected chi connectivity index (χ0v) is 10.6. The molecule has 0 saturated carbocycles. The second-order valence-corrected chi connectivity index (χ2v) is 4.76. The molecule has 1 aliphatic heterocycles. The van der Waals surface area contributed by atoms with Crippen molar-refractivity contribution in [2.75, 3.05) is 18.4 Å². The Labute approximate surface area is 110 Å². The molecule has 1 unspecified atom stereocenters. The largest absolute Gasteiger partial charge is 0.334 e. The molecule has 1 aliphatic rings. The Balaban J connectivity index is 1.95. The molecule has 1 saturated heterocycles. The molecule has 1 aromatic rings. The summed E-state index contributed by atoms with van der Waals surface area (Å²) in [5.74, 6) is 0. The van der Waals surface area contributed by atoms with Crippen molar-refractivity contribution in [1.82, 2.24) is 10.6 Å². The smallest absolute Gasteiger partial charge is 0.319 e. The first-order chi connectivity index (χ1) is 8.15. The summed E-state index contributed by atoms with van der Waals surface area (Å²) >= 11 is 11.8. The maximum Gasteiger partial charge on any atom is 0.319 e. The summed E-state index contributed by atoms with van der Waals surface area (Å²) in [5.41, 5.74) is 0.516. The molecule has 92 valence electrons. The van der Waals surface area contributed by atoms with Gasteiger partial charge >= 0.3 is 6.03 Å². The molecule has 4 nitrogen and oxygen atoms in total. The molecule has 0 aromatic heterocycles. The molecule has 1 fully saturated rings. The van der Waals surface area contributed by atoms with Crippen molar-refractivity contribution in [3.8, 4) is 0 Å². The van der Waals surface area contributed by atoms with Crippen molar-refractivity contribution in [2.45, 2.75) is 12.5 Å². The first-order valence-electron chi connectivity index (χ1n) is 5.38. The van der Waals surface area contributed by atoms with Crippen LogP contribution in [-0.2, 0) is 0 Å². The van der Waals surface area contributed by atoms with Crippen LogP contribution in [0, 0.1) is 0 Å². The van der Waals surface area contributed by atoms with Gasteiger partial charge < -0.3 is 16.0 Å². The maximum absolute atomic E-state index is 11.7. The van der Waals surface area contributed by atoms with E-state index < -0.39 is 0 Å². The lowest BCUT2D eigenvalue weighted by molar-refractivity contribution is 0.249. The number of hydrogen-bond acceptors (Lipinski definition) is 2. The van der Waals surface area contributed by atoms with Crippen LogP contribution in [0.5, 0.6) is 0 Å². The van der Waals surface area contributed by atoms with Crippen LogP contribution in [0.25, 0.3) is 0 Å². The Hall–Kier alpha value is -0.970. The summed E-state index contributed by atoms with van der Waals surface area (Å²) in [4.78, 5) is 11.7. The summed E-state index contributed by atoms with van der Waals surface area (Å²) < 4.78 is 0. The zero-order valence-electron chi connectivity index (χ0n) is 9.09. The van der Waals surface area contributed by atoms with E-state index in [0.717, 1.165) is 19.5 Å². The molecule has 3 N–H and O–H groups in total. The topological polar surface area (TPSA) is 53.2 Å². The minimum atomic E-state index is -0.261. The minimum absolute atomic E-state index is 0.174. The fraction of sp³-hybridized carbons (Fsp3) is 0.364. The standard InChI is InChI=1S/C11H13Cl2N3O/c12-7-1-2-9(13)10(5-7)16-11(17)15-8-3-4-14-6-8/h1-2,5,8,14H,3-4,6H2,(H2,15,16,17). The highest BCUT2D eigenvalue weighted by Crippen LogP contribution is 2.25. The predicted molar refractivity (Wildman–Crippen MR) is 69.9 cm³/mol. The van der Waals surface area contributed by atoms with Crippen LogP contribution in [0.1, 0.15) is 6.42 Å². The third kappa shape index (κ3) is 3.49. The molecular formula is C11H13Cl2N3O. The number of anilines is 1. The van der Waals surface area contributed by atoms with Crippen LogP contribution in [0.2, 0.25) is 10.0 Å². The lowest BCUT2D eigenvalue weighted by atomic mass is 10.3. The summed E-state index contributed by atoms with van der Waals surface area (Å²) in [7, 11) is 0. The van der Waals surface area contributed by atoms with E-state index in [1.165, 1.54) is 0 Å². The normalized spacial score (nSPS) is 19.1. The molecule has 2 amide bonds. The highest BCUT2D eigenvalue weighted by Gasteiger charge is 2.16. The van der Waals surface area contributed by atoms with E-state index in [9.17, 15) is 4.79 Å². The van der Waals surface area contributed by atoms with E-state index in [0.29, 0.717) is 15.7 Å². The molecule has 6 heteroatoms. The third-order valence-electron chi connectivity index (χ3n) is 2.57. The van der Waals surface area contributed by atoms with Crippen molar-refractivity contribution in [1.29, 1.82) is 0 Å². The highest BCUT2D eigenvalue weighted by atomic mass is 35.5. The molecule has 0 bridgehead atoms. The molecule has 17 heavy (non-hydrogen) atoms. The van der Waals surface area contributed by atoms with Crippen molar-refractivity contribution >= 4 is 34.9 Å². The Morgan fingerprint density at radius 2 is 2.24 bits per heavy atom. The van der Waals surface area contributed by atoms with E-state index in [1.807, 2.05) is 0 Å². The fourth-order valence-corrected chi connectivity index (χ4v) is 2.05. The molecule has 0 aliphatic carbocycles. The number of carbonyl (C=O) groups is 1. The Morgan fingerprint density at radius 3 is 2.94 bits per heavy atom. The van der Waals surface area contributed by atoms with Gasteiger partial charge in [-0.2, -0.15) is 0 Å². The number of hydrogen-bond donors (Lipinski definition) is 3. The lowest BCUT2D eigenvalue weighted by Gasteiger charge is -2.13. The summed E-state index contributed by atoms with van der Waals surface area (Å²) in [5, 5.41) is 9.72. The number of halogens is 2. The average Bonchev–Trinajstić information content (AvgIpc) is 2.76. The van der Waals surface area contributed by atoms with Gasteiger partial charge in [0.15, 0.2) is 0 Å². The van der Waals surface area contributed by atoms with E-state index in [1.54, 1.807) is 18.2 Å². The predicted octanol–water partition coefficient (Wildman–Crippen LogP) is 2.48. The maximum atomic E-state index is 11.7. The van der Waals surface area contributed by atoms with Crippen LogP contribution >= 0.6 is 23.2 Å². The number of urea groups is 1. The van der Waals surface area contributed by atoms with E-state index >= 15 is 0 Å². The summed E-state index contributed by atoms with van der Waals surface area (Å²) in [6.45, 7) is 1.74. The molecule has 1 aromatic carbocycles. The van der Waals surface area contributed by atoms with Gasteiger partial charge in [0.05, 0.1) is 10.7 Å². The minimum Gasteiger partial charge on any atom is -0.334 e. The first-order valence-corrected chi connectivity index (χ1v) is 6.14. The second-order valence-electron chi connectivity index (χ2n) is 3.91. The third-order valence-corrected chi connectivity index (χ3v) is 3.14. The van der Waals surface area contributed by atoms with Crippen LogP contribution in [0.4, 0.5) is 10.5 Å². The number of nitrogens with one attached hydrogen (secondary N) is 3. The van der Waals surface area contributed by atoms with E-state index in [4.69, 9.17) is 23.2 Å². The van der Waals surface area contributed by atoms with Gasteiger partial charge in [-0.15, -0.1) is 0 Å². The average molecular weight is 274 g/mol. The zero-order chi connectivity index (χ0) is 12.3. The molecule has 0 spiro atoms. The Morgan fingerprint density at radius 1 is 1.41 bits per heavy atom. The monoisotopic (exact) mass is 273 g/mol. The van der Waals surface area contributed by atoms with Gasteiger partial charge in [-0.25, -0.2) is 4.79 Å².